The van der Waals surface area contributed by atoms with Crippen molar-refractivity contribution in [2.24, 2.45) is 0 Å². The summed E-state index contributed by atoms with van der Waals surface area (Å²) < 4.78 is 0. The third-order valence-corrected chi connectivity index (χ3v) is 8.99. The summed E-state index contributed by atoms with van der Waals surface area (Å²) in [5, 5.41) is 114. The van der Waals surface area contributed by atoms with E-state index in [0.717, 1.165) is 70.6 Å². The van der Waals surface area contributed by atoms with E-state index in [2.05, 4.69) is 0 Å². The molecule has 0 fully saturated rings. The van der Waals surface area contributed by atoms with Crippen LogP contribution in [0.25, 0.3) is 0 Å². The van der Waals surface area contributed by atoms with Crippen LogP contribution in [0.1, 0.15) is 225 Å². The molecule has 0 amide bonds. The lowest BCUT2D eigenvalue weighted by molar-refractivity contribution is -0.143. The molecule has 0 saturated carbocycles. The number of hydrogen-bond acceptors (Lipinski definition) is 14. The van der Waals surface area contributed by atoms with Crippen LogP contribution in [0.3, 0.4) is 0 Å². The topological polar surface area (TPSA) is 522 Å². The first-order valence-corrected chi connectivity index (χ1v) is 24.9. The molecule has 0 bridgehead atoms. The van der Waals surface area contributed by atoms with Gasteiger partial charge in [0.15, 0.2) is 0 Å². The first-order chi connectivity index (χ1) is 35.9. The Kier molecular flexibility index (Phi) is 70.2. The SMILES string of the molecule is O=C(O)CCC(=O)O.O=C(O)CCCC(=O)O.O=C(O)CCCCC(=O)O.O=C(O)CCCCCC(=O)O.O=C(O)CCCCCCC(=O)O.O=C(O)CCCCCCCC(=O)O.O=C(O)CCCCCCCCC(=O)O. The average Bonchev–Trinajstić information content (AvgIpc) is 3.29. The van der Waals surface area contributed by atoms with Crippen LogP contribution < -0.4 is 0 Å². The molecule has 0 aliphatic heterocycles. The van der Waals surface area contributed by atoms with Crippen LogP contribution >= 0.6 is 0 Å². The molecule has 28 heteroatoms. The molecule has 0 aromatic rings. The maximum atomic E-state index is 10.1. The van der Waals surface area contributed by atoms with Gasteiger partial charge in [-0.1, -0.05) is 64.2 Å². The fourth-order valence-electron chi connectivity index (χ4n) is 5.13. The summed E-state index contributed by atoms with van der Waals surface area (Å²) in [7, 11) is 0. The summed E-state index contributed by atoms with van der Waals surface area (Å²) in [5.41, 5.74) is 0. The van der Waals surface area contributed by atoms with Gasteiger partial charge in [0.2, 0.25) is 0 Å². The Bertz CT molecular complexity index is 1540. The van der Waals surface area contributed by atoms with E-state index in [9.17, 15) is 67.1 Å². The normalized spacial score (nSPS) is 9.45. The van der Waals surface area contributed by atoms with Crippen molar-refractivity contribution in [2.45, 2.75) is 225 Å². The van der Waals surface area contributed by atoms with Crippen LogP contribution in [0.5, 0.6) is 0 Å². The lowest BCUT2D eigenvalue weighted by Crippen LogP contribution is -2.00. The molecule has 77 heavy (non-hydrogen) atoms. The van der Waals surface area contributed by atoms with E-state index in [4.69, 9.17) is 71.5 Å². The largest absolute Gasteiger partial charge is 0.481 e. The van der Waals surface area contributed by atoms with E-state index in [1.54, 1.807) is 0 Å². The van der Waals surface area contributed by atoms with E-state index in [1.165, 1.54) is 0 Å². The van der Waals surface area contributed by atoms with E-state index >= 15 is 0 Å². The van der Waals surface area contributed by atoms with Gasteiger partial charge in [0, 0.05) is 77.0 Å². The summed E-state index contributed by atoms with van der Waals surface area (Å²) in [4.78, 5) is 139. The fourth-order valence-corrected chi connectivity index (χ4v) is 5.13. The maximum absolute atomic E-state index is 10.1. The zero-order valence-corrected chi connectivity index (χ0v) is 43.7. The first-order valence-electron chi connectivity index (χ1n) is 24.9. The van der Waals surface area contributed by atoms with Crippen molar-refractivity contribution in [2.75, 3.05) is 0 Å². The summed E-state index contributed by atoms with van der Waals surface area (Å²) in [6.45, 7) is 0. The quantitative estimate of drug-likeness (QED) is 0.0260. The minimum absolute atomic E-state index is 0.0628. The van der Waals surface area contributed by atoms with E-state index in [-0.39, 0.29) is 96.3 Å². The number of carboxylic acid groups (broad SMARTS) is 14. The second-order valence-electron chi connectivity index (χ2n) is 16.4. The van der Waals surface area contributed by atoms with Crippen LogP contribution in [-0.2, 0) is 67.1 Å². The Balaban J connectivity index is -0.000000150. The highest BCUT2D eigenvalue weighted by molar-refractivity contribution is 5.75. The molecule has 0 aliphatic rings. The monoisotopic (exact) mass is 1120 g/mol. The van der Waals surface area contributed by atoms with Crippen molar-refractivity contribution in [1.82, 2.24) is 0 Å². The summed E-state index contributed by atoms with van der Waals surface area (Å²) >= 11 is 0. The van der Waals surface area contributed by atoms with E-state index in [0.29, 0.717) is 57.8 Å². The molecule has 14 N–H and O–H groups in total. The van der Waals surface area contributed by atoms with Crippen molar-refractivity contribution >= 4 is 83.6 Å². The number of carbonyl (C=O) groups is 14. The molecule has 0 aromatic carbocycles. The average molecular weight is 1120 g/mol. The smallest absolute Gasteiger partial charge is 0.303 e. The molecule has 0 heterocycles. The number of hydrogen-bond donors (Lipinski definition) is 14. The molecule has 0 atom stereocenters. The van der Waals surface area contributed by atoms with Crippen molar-refractivity contribution in [3.05, 3.63) is 0 Å². The minimum Gasteiger partial charge on any atom is -0.481 e. The van der Waals surface area contributed by atoms with Crippen LogP contribution in [0.4, 0.5) is 0 Å². The first kappa shape index (κ1) is 83.6. The summed E-state index contributed by atoms with van der Waals surface area (Å²) in [5.74, 6) is -12.0. The van der Waals surface area contributed by atoms with Gasteiger partial charge in [-0.25, -0.2) is 0 Å². The molecular formula is C49H84O28. The van der Waals surface area contributed by atoms with Gasteiger partial charge in [-0.3, -0.25) is 67.1 Å². The molecule has 0 aliphatic carbocycles. The molecule has 0 aromatic heterocycles. The van der Waals surface area contributed by atoms with Crippen molar-refractivity contribution < 1.29 is 139 Å². The second kappa shape index (κ2) is 64.7. The molecule has 0 saturated heterocycles. The van der Waals surface area contributed by atoms with Crippen LogP contribution in [-0.4, -0.2) is 155 Å². The highest BCUT2D eigenvalue weighted by Gasteiger charge is 2.04. The second-order valence-corrected chi connectivity index (χ2v) is 16.4. The Labute approximate surface area is 446 Å². The highest BCUT2D eigenvalue weighted by atomic mass is 16.4. The van der Waals surface area contributed by atoms with Gasteiger partial charge in [-0.05, 0) is 70.6 Å². The maximum Gasteiger partial charge on any atom is 0.303 e. The van der Waals surface area contributed by atoms with Crippen molar-refractivity contribution in [3.8, 4) is 0 Å². The van der Waals surface area contributed by atoms with Gasteiger partial charge < -0.3 is 71.5 Å². The molecule has 0 unspecified atom stereocenters. The summed E-state index contributed by atoms with van der Waals surface area (Å²) in [6.07, 6.45) is 16.2. The predicted octanol–water partition coefficient (Wildman–Crippen LogP) is 7.74. The predicted molar refractivity (Wildman–Crippen MR) is 268 cm³/mol. The zero-order chi connectivity index (χ0) is 60.8. The summed E-state index contributed by atoms with van der Waals surface area (Å²) in [6, 6.07) is 0. The third-order valence-electron chi connectivity index (χ3n) is 8.99. The molecule has 28 nitrogen and oxygen atoms in total. The van der Waals surface area contributed by atoms with Crippen molar-refractivity contribution in [1.29, 1.82) is 0 Å². The number of carboxylic acids is 14. The van der Waals surface area contributed by atoms with Crippen molar-refractivity contribution in [3.63, 3.8) is 0 Å². The Hall–Kier alpha value is -7.42. The zero-order valence-electron chi connectivity index (χ0n) is 43.7. The third kappa shape index (κ3) is 129. The van der Waals surface area contributed by atoms with Gasteiger partial charge in [-0.15, -0.1) is 0 Å². The Morgan fingerprint density at radius 1 is 0.117 bits per heavy atom. The fraction of sp³-hybridized carbons (Fsp3) is 0.714. The molecule has 0 radical (unpaired) electrons. The van der Waals surface area contributed by atoms with Gasteiger partial charge in [-0.2, -0.15) is 0 Å². The van der Waals surface area contributed by atoms with Gasteiger partial charge in [0.25, 0.3) is 0 Å². The van der Waals surface area contributed by atoms with Gasteiger partial charge in [0.1, 0.15) is 0 Å². The number of rotatable bonds is 42. The number of aliphatic carboxylic acids is 14. The standard InChI is InChI=1S/C10H18O4.C9H16O4.C8H14O4.C7H12O4.C6H10O4.C5H8O4.C4H6O4/c11-9(12)7-5-3-1-2-4-6-8-10(13)14;10-8(11)6-4-2-1-3-5-7-9(12)13;9-7(10)5-3-1-2-4-6-8(11)12;8-6(9)4-2-1-3-5-7(10)11;7-5(8)3-1-2-4-6(9)10;6-4(7)2-1-3-5(8)9;5-3(6)1-2-4(7)8/h1-8H2,(H,11,12)(H,13,14);1-7H2,(H,10,11)(H,12,13);1-6H2,(H,9,10)(H,11,12);1-5H2,(H,8,9)(H,10,11);1-4H2,(H,7,8)(H,9,10);1-3H2,(H,6,7)(H,8,9);1-2H2,(H,5,6)(H,7,8). The molecule has 0 spiro atoms. The highest BCUT2D eigenvalue weighted by Crippen LogP contribution is 2.09. The van der Waals surface area contributed by atoms with Gasteiger partial charge >= 0.3 is 83.6 Å². The Morgan fingerprint density at radius 2 is 0.195 bits per heavy atom. The van der Waals surface area contributed by atoms with E-state index in [1.807, 2.05) is 0 Å². The van der Waals surface area contributed by atoms with Crippen LogP contribution in [0, 0.1) is 0 Å². The lowest BCUT2D eigenvalue weighted by atomic mass is 10.1. The molecule has 0 rings (SSSR count). The Morgan fingerprint density at radius 3 is 0.312 bits per heavy atom. The van der Waals surface area contributed by atoms with Crippen LogP contribution in [0.2, 0.25) is 0 Å². The molecular weight excluding hydrogens is 1040 g/mol. The number of unbranched alkanes of at least 4 members (excludes halogenated alkanes) is 15. The minimum atomic E-state index is -1.08. The lowest BCUT2D eigenvalue weighted by Gasteiger charge is -1.98. The molecule has 448 valence electrons. The van der Waals surface area contributed by atoms with Crippen LogP contribution in [0.15, 0.2) is 0 Å². The van der Waals surface area contributed by atoms with E-state index < -0.39 is 83.6 Å². The van der Waals surface area contributed by atoms with Gasteiger partial charge in [0.05, 0.1) is 12.8 Å².